The van der Waals surface area contributed by atoms with Crippen molar-refractivity contribution < 1.29 is 15.0 Å². The fourth-order valence-corrected chi connectivity index (χ4v) is 2.78. The number of aliphatic imine (C=N–C) groups is 1. The smallest absolute Gasteiger partial charge is 0.277 e. The minimum absolute atomic E-state index is 0.0955. The van der Waals surface area contributed by atoms with Crippen LogP contribution in [0.5, 0.6) is 5.75 Å². The van der Waals surface area contributed by atoms with Crippen LogP contribution in [-0.4, -0.2) is 54.1 Å². The van der Waals surface area contributed by atoms with Gasteiger partial charge in [-0.3, -0.25) is 9.69 Å². The average molecular weight is 377 g/mol. The molecule has 3 rings (SSSR count). The summed E-state index contributed by atoms with van der Waals surface area (Å²) in [7, 11) is 3.60. The van der Waals surface area contributed by atoms with Gasteiger partial charge in [-0.15, -0.1) is 0 Å². The normalized spacial score (nSPS) is 15.5. The van der Waals surface area contributed by atoms with Gasteiger partial charge < -0.3 is 15.1 Å². The number of amides is 1. The lowest BCUT2D eigenvalue weighted by molar-refractivity contribution is -0.121. The second-order valence-electron chi connectivity index (χ2n) is 6.53. The van der Waals surface area contributed by atoms with Gasteiger partial charge in [0.15, 0.2) is 0 Å². The molecule has 6 heteroatoms. The first-order chi connectivity index (χ1) is 13.5. The quantitative estimate of drug-likeness (QED) is 0.759. The van der Waals surface area contributed by atoms with Crippen molar-refractivity contribution in [3.8, 4) is 5.75 Å². The van der Waals surface area contributed by atoms with Gasteiger partial charge in [-0.05, 0) is 47.5 Å². The largest absolute Gasteiger partial charge is 0.508 e. The highest BCUT2D eigenvalue weighted by molar-refractivity contribution is 6.18. The molecule has 1 amide bonds. The number of hydrogen-bond donors (Lipinski definition) is 2. The van der Waals surface area contributed by atoms with E-state index in [2.05, 4.69) is 4.99 Å². The predicted molar refractivity (Wildman–Crippen MR) is 112 cm³/mol. The third kappa shape index (κ3) is 4.47. The number of anilines is 1. The molecule has 28 heavy (non-hydrogen) atoms. The highest BCUT2D eigenvalue weighted by atomic mass is 16.3. The van der Waals surface area contributed by atoms with E-state index in [4.69, 9.17) is 5.11 Å². The van der Waals surface area contributed by atoms with E-state index in [9.17, 15) is 9.90 Å². The molecule has 1 heterocycles. The number of aromatic hydroxyl groups is 1. The molecule has 0 radical (unpaired) electrons. The Morgan fingerprint density at radius 2 is 1.68 bits per heavy atom. The van der Waals surface area contributed by atoms with Crippen molar-refractivity contribution in [2.75, 3.05) is 32.1 Å². The van der Waals surface area contributed by atoms with Gasteiger partial charge >= 0.3 is 0 Å². The second-order valence-corrected chi connectivity index (χ2v) is 6.53. The van der Waals surface area contributed by atoms with Crippen LogP contribution in [0.2, 0.25) is 0 Å². The number of likely N-dealkylation sites (N-methyl/N-ethyl adjacent to an activating group) is 2. The Balaban J connectivity index is 1.78. The maximum atomic E-state index is 12.5. The summed E-state index contributed by atoms with van der Waals surface area (Å²) in [5, 5.41) is 18.4. The molecule has 0 atom stereocenters. The van der Waals surface area contributed by atoms with Gasteiger partial charge in [-0.2, -0.15) is 0 Å². The van der Waals surface area contributed by atoms with Crippen LogP contribution in [0.15, 0.2) is 65.3 Å². The van der Waals surface area contributed by atoms with Crippen LogP contribution in [-0.2, 0) is 4.79 Å². The van der Waals surface area contributed by atoms with E-state index in [-0.39, 0.29) is 18.3 Å². The van der Waals surface area contributed by atoms with Crippen LogP contribution in [0.3, 0.4) is 0 Å². The highest BCUT2D eigenvalue weighted by Gasteiger charge is 2.25. The molecule has 6 nitrogen and oxygen atoms in total. The molecule has 2 N–H and O–H groups in total. The second kappa shape index (κ2) is 8.54. The van der Waals surface area contributed by atoms with Crippen LogP contribution in [0.1, 0.15) is 11.1 Å². The first-order valence-corrected chi connectivity index (χ1v) is 8.95. The van der Waals surface area contributed by atoms with Gasteiger partial charge in [0, 0.05) is 26.3 Å². The third-order valence-electron chi connectivity index (χ3n) is 4.49. The molecule has 0 fully saturated rings. The number of aliphatic hydroxyl groups is 1. The molecule has 144 valence electrons. The number of amidine groups is 1. The zero-order valence-corrected chi connectivity index (χ0v) is 15.9. The van der Waals surface area contributed by atoms with Gasteiger partial charge in [0.05, 0.1) is 6.61 Å². The van der Waals surface area contributed by atoms with E-state index < -0.39 is 0 Å². The first kappa shape index (κ1) is 19.4. The Kier molecular flexibility index (Phi) is 5.91. The summed E-state index contributed by atoms with van der Waals surface area (Å²) in [6.07, 6.45) is 5.38. The summed E-state index contributed by atoms with van der Waals surface area (Å²) in [5.41, 5.74) is 3.16. The average Bonchev–Trinajstić information content (AvgIpc) is 2.96. The number of benzene rings is 2. The molecule has 0 spiro atoms. The first-order valence-electron chi connectivity index (χ1n) is 8.95. The van der Waals surface area contributed by atoms with Crippen LogP contribution in [0, 0.1) is 0 Å². The summed E-state index contributed by atoms with van der Waals surface area (Å²) in [6.45, 7) is 0.656. The summed E-state index contributed by atoms with van der Waals surface area (Å²) in [6, 6.07) is 14.5. The number of rotatable bonds is 6. The maximum Gasteiger partial charge on any atom is 0.277 e. The van der Waals surface area contributed by atoms with Crippen molar-refractivity contribution in [2.24, 2.45) is 4.99 Å². The summed E-state index contributed by atoms with van der Waals surface area (Å²) in [5.74, 6) is 0.608. The standard InChI is InChI=1S/C22H23N3O3/c1-24(13-14-26)18-8-3-17(4-9-18)15-20-22(28)25(2)21(23-20)12-7-16-5-10-19(27)11-6-16/h3-12,15,26-27H,13-14H2,1-2H3/b12-7+,20-15-. The molecule has 0 bridgehead atoms. The third-order valence-corrected chi connectivity index (χ3v) is 4.49. The van der Waals surface area contributed by atoms with Crippen LogP contribution >= 0.6 is 0 Å². The highest BCUT2D eigenvalue weighted by Crippen LogP contribution is 2.20. The lowest BCUT2D eigenvalue weighted by atomic mass is 10.1. The van der Waals surface area contributed by atoms with Crippen molar-refractivity contribution >= 4 is 29.6 Å². The lowest BCUT2D eigenvalue weighted by Crippen LogP contribution is -2.26. The van der Waals surface area contributed by atoms with Crippen LogP contribution < -0.4 is 4.90 Å². The van der Waals surface area contributed by atoms with Gasteiger partial charge in [0.25, 0.3) is 5.91 Å². The lowest BCUT2D eigenvalue weighted by Gasteiger charge is -2.17. The number of hydrogen-bond acceptors (Lipinski definition) is 5. The Labute approximate surface area is 164 Å². The van der Waals surface area contributed by atoms with Crippen molar-refractivity contribution in [2.45, 2.75) is 0 Å². The van der Waals surface area contributed by atoms with E-state index >= 15 is 0 Å². The molecule has 0 unspecified atom stereocenters. The summed E-state index contributed by atoms with van der Waals surface area (Å²) < 4.78 is 0. The zero-order valence-electron chi connectivity index (χ0n) is 15.9. The minimum atomic E-state index is -0.160. The molecule has 2 aromatic carbocycles. The summed E-state index contributed by atoms with van der Waals surface area (Å²) in [4.78, 5) is 20.4. The van der Waals surface area contributed by atoms with Crippen LogP contribution in [0.25, 0.3) is 12.2 Å². The number of aliphatic hydroxyl groups excluding tert-OH is 1. The number of phenols is 1. The molecule has 0 saturated heterocycles. The van der Waals surface area contributed by atoms with Gasteiger partial charge in [-0.1, -0.05) is 30.3 Å². The van der Waals surface area contributed by atoms with E-state index in [0.29, 0.717) is 18.1 Å². The number of nitrogens with zero attached hydrogens (tertiary/aromatic N) is 3. The van der Waals surface area contributed by atoms with E-state index in [1.165, 1.54) is 4.90 Å². The zero-order chi connectivity index (χ0) is 20.1. The Bertz CT molecular complexity index is 929. The predicted octanol–water partition coefficient (Wildman–Crippen LogP) is 2.75. The molecular weight excluding hydrogens is 354 g/mol. The Morgan fingerprint density at radius 3 is 2.32 bits per heavy atom. The Hall–Kier alpha value is -3.38. The maximum absolute atomic E-state index is 12.5. The van der Waals surface area contributed by atoms with Gasteiger partial charge in [0.2, 0.25) is 0 Å². The number of carbonyl (C=O) groups is 1. The number of carbonyl (C=O) groups excluding carboxylic acids is 1. The van der Waals surface area contributed by atoms with Crippen molar-refractivity contribution in [1.29, 1.82) is 0 Å². The minimum Gasteiger partial charge on any atom is -0.508 e. The Morgan fingerprint density at radius 1 is 1.04 bits per heavy atom. The fraction of sp³-hybridized carbons (Fsp3) is 0.182. The number of phenolic OH excluding ortho intramolecular Hbond substituents is 1. The van der Waals surface area contributed by atoms with E-state index in [1.54, 1.807) is 43.5 Å². The topological polar surface area (TPSA) is 76.4 Å². The van der Waals surface area contributed by atoms with Crippen molar-refractivity contribution in [1.82, 2.24) is 4.90 Å². The SMILES string of the molecule is CN1C(=O)/C(=C/c2ccc(N(C)CCO)cc2)N=C1/C=C/c1ccc(O)cc1. The molecule has 1 aliphatic heterocycles. The fourth-order valence-electron chi connectivity index (χ4n) is 2.78. The van der Waals surface area contributed by atoms with Crippen LogP contribution in [0.4, 0.5) is 5.69 Å². The molecular formula is C22H23N3O3. The molecule has 1 aliphatic rings. The van der Waals surface area contributed by atoms with E-state index in [1.807, 2.05) is 42.3 Å². The molecule has 0 saturated carbocycles. The van der Waals surface area contributed by atoms with Crippen molar-refractivity contribution in [3.05, 3.63) is 71.4 Å². The van der Waals surface area contributed by atoms with Gasteiger partial charge in [0.1, 0.15) is 17.3 Å². The monoisotopic (exact) mass is 377 g/mol. The summed E-state index contributed by atoms with van der Waals surface area (Å²) >= 11 is 0. The van der Waals surface area contributed by atoms with E-state index in [0.717, 1.165) is 16.8 Å². The molecule has 0 aromatic heterocycles. The molecule has 2 aromatic rings. The molecule has 0 aliphatic carbocycles. The van der Waals surface area contributed by atoms with Crippen molar-refractivity contribution in [3.63, 3.8) is 0 Å². The van der Waals surface area contributed by atoms with Gasteiger partial charge in [-0.25, -0.2) is 4.99 Å².